The Hall–Kier alpha value is -1.27. The highest BCUT2D eigenvalue weighted by Crippen LogP contribution is 2.28. The van der Waals surface area contributed by atoms with Crippen molar-refractivity contribution in [3.8, 4) is 0 Å². The normalized spacial score (nSPS) is 27.3. The van der Waals surface area contributed by atoms with Crippen molar-refractivity contribution in [2.24, 2.45) is 5.92 Å². The van der Waals surface area contributed by atoms with Crippen LogP contribution in [-0.4, -0.2) is 45.2 Å². The molecule has 1 aromatic rings. The summed E-state index contributed by atoms with van der Waals surface area (Å²) in [5.41, 5.74) is 1.45. The zero-order valence-corrected chi connectivity index (χ0v) is 13.9. The Morgan fingerprint density at radius 3 is 2.43 bits per heavy atom. The molecule has 0 spiro atoms. The number of benzene rings is 1. The van der Waals surface area contributed by atoms with E-state index in [2.05, 4.69) is 35.8 Å². The van der Waals surface area contributed by atoms with Gasteiger partial charge in [0, 0.05) is 18.6 Å². The van der Waals surface area contributed by atoms with Crippen molar-refractivity contribution in [2.45, 2.75) is 32.4 Å². The molecule has 1 aliphatic rings. The summed E-state index contributed by atoms with van der Waals surface area (Å²) >= 11 is 0. The molecule has 1 aliphatic heterocycles. The van der Waals surface area contributed by atoms with E-state index in [-0.39, 0.29) is 0 Å². The van der Waals surface area contributed by atoms with Crippen LogP contribution in [0.5, 0.6) is 0 Å². The third-order valence-electron chi connectivity index (χ3n) is 4.17. The first-order valence-corrected chi connectivity index (χ1v) is 9.19. The van der Waals surface area contributed by atoms with Crippen LogP contribution in [0.15, 0.2) is 24.3 Å². The first-order chi connectivity index (χ1) is 9.76. The number of sulfonamides is 1. The maximum absolute atomic E-state index is 11.5. The number of rotatable bonds is 4. The molecule has 0 aromatic heterocycles. The quantitative estimate of drug-likeness (QED) is 0.895. The van der Waals surface area contributed by atoms with Crippen molar-refractivity contribution in [1.29, 1.82) is 0 Å². The second-order valence-electron chi connectivity index (χ2n) is 6.17. The molecular weight excluding hydrogens is 286 g/mol. The Kier molecular flexibility index (Phi) is 4.78. The number of anilines is 2. The molecule has 1 heterocycles. The lowest BCUT2D eigenvalue weighted by Gasteiger charge is -2.40. The van der Waals surface area contributed by atoms with Crippen LogP contribution in [0.3, 0.4) is 0 Å². The number of nitrogens with one attached hydrogen (secondary N) is 2. The van der Waals surface area contributed by atoms with Gasteiger partial charge in [-0.2, -0.15) is 0 Å². The first-order valence-electron chi connectivity index (χ1n) is 7.30. The highest BCUT2D eigenvalue weighted by atomic mass is 32.2. The van der Waals surface area contributed by atoms with Gasteiger partial charge in [0.05, 0.1) is 17.6 Å². The highest BCUT2D eigenvalue weighted by Gasteiger charge is 2.29. The molecule has 1 fully saturated rings. The molecule has 0 bridgehead atoms. The zero-order chi connectivity index (χ0) is 15.6. The molecule has 3 atom stereocenters. The average Bonchev–Trinajstić information content (AvgIpc) is 2.36. The molecule has 5 nitrogen and oxygen atoms in total. The minimum Gasteiger partial charge on any atom is -0.380 e. The topological polar surface area (TPSA) is 61.4 Å². The van der Waals surface area contributed by atoms with E-state index in [9.17, 15) is 8.42 Å². The summed E-state index contributed by atoms with van der Waals surface area (Å²) in [5.74, 6) is 0.512. The molecular formula is C15H25N3O2S. The van der Waals surface area contributed by atoms with Crippen molar-refractivity contribution in [1.82, 2.24) is 4.90 Å². The second kappa shape index (κ2) is 6.23. The second-order valence-corrected chi connectivity index (χ2v) is 7.92. The van der Waals surface area contributed by atoms with Gasteiger partial charge in [-0.05, 0) is 38.4 Å². The molecule has 21 heavy (non-hydrogen) atoms. The van der Waals surface area contributed by atoms with Crippen LogP contribution in [-0.2, 0) is 10.0 Å². The van der Waals surface area contributed by atoms with Crippen LogP contribution >= 0.6 is 0 Å². The smallest absolute Gasteiger partial charge is 0.229 e. The monoisotopic (exact) mass is 311 g/mol. The number of para-hydroxylation sites is 2. The number of hydrogen-bond acceptors (Lipinski definition) is 4. The molecule has 0 radical (unpaired) electrons. The Labute approximate surface area is 127 Å². The van der Waals surface area contributed by atoms with Crippen molar-refractivity contribution >= 4 is 21.4 Å². The molecule has 0 aliphatic carbocycles. The highest BCUT2D eigenvalue weighted by molar-refractivity contribution is 7.92. The van der Waals surface area contributed by atoms with Gasteiger partial charge in [-0.25, -0.2) is 8.42 Å². The maximum Gasteiger partial charge on any atom is 0.229 e. The lowest BCUT2D eigenvalue weighted by Crippen LogP contribution is -2.48. The largest absolute Gasteiger partial charge is 0.380 e. The number of nitrogens with zero attached hydrogens (tertiary/aromatic N) is 1. The zero-order valence-electron chi connectivity index (χ0n) is 13.1. The summed E-state index contributed by atoms with van der Waals surface area (Å²) in [6.07, 6.45) is 2.22. The van der Waals surface area contributed by atoms with Gasteiger partial charge >= 0.3 is 0 Å². The summed E-state index contributed by atoms with van der Waals surface area (Å²) < 4.78 is 25.5. The van der Waals surface area contributed by atoms with Crippen LogP contribution in [0, 0.1) is 5.92 Å². The van der Waals surface area contributed by atoms with Crippen LogP contribution in [0.4, 0.5) is 11.4 Å². The Morgan fingerprint density at radius 2 is 1.81 bits per heavy atom. The van der Waals surface area contributed by atoms with E-state index in [1.165, 1.54) is 6.26 Å². The lowest BCUT2D eigenvalue weighted by atomic mass is 9.89. The minimum absolute atomic E-state index is 0.346. The molecule has 0 saturated carbocycles. The van der Waals surface area contributed by atoms with E-state index in [0.29, 0.717) is 23.7 Å². The van der Waals surface area contributed by atoms with Gasteiger partial charge in [0.1, 0.15) is 0 Å². The lowest BCUT2D eigenvalue weighted by molar-refractivity contribution is 0.146. The predicted molar refractivity (Wildman–Crippen MR) is 88.2 cm³/mol. The van der Waals surface area contributed by atoms with Gasteiger partial charge < -0.3 is 10.2 Å². The molecule has 0 amide bonds. The fourth-order valence-corrected chi connectivity index (χ4v) is 3.42. The Bertz CT molecular complexity index is 588. The number of likely N-dealkylation sites (tertiary alicyclic amines) is 1. The van der Waals surface area contributed by atoms with E-state index in [1.54, 1.807) is 6.07 Å². The van der Waals surface area contributed by atoms with Crippen molar-refractivity contribution in [2.75, 3.05) is 29.9 Å². The fourth-order valence-electron chi connectivity index (χ4n) is 2.84. The summed E-state index contributed by atoms with van der Waals surface area (Å²) in [4.78, 5) is 2.36. The summed E-state index contributed by atoms with van der Waals surface area (Å²) in [6, 6.07) is 8.32. The third-order valence-corrected chi connectivity index (χ3v) is 4.76. The van der Waals surface area contributed by atoms with Crippen LogP contribution in [0.1, 0.15) is 20.3 Å². The molecule has 1 aromatic carbocycles. The van der Waals surface area contributed by atoms with Gasteiger partial charge in [0.25, 0.3) is 0 Å². The van der Waals surface area contributed by atoms with Gasteiger partial charge in [0.2, 0.25) is 10.0 Å². The van der Waals surface area contributed by atoms with E-state index < -0.39 is 10.0 Å². The SMILES string of the molecule is CC1CN(C)C(C)CC1Nc1ccccc1NS(C)(=O)=O. The maximum atomic E-state index is 11.5. The van der Waals surface area contributed by atoms with Crippen molar-refractivity contribution in [3.05, 3.63) is 24.3 Å². The van der Waals surface area contributed by atoms with Crippen LogP contribution in [0.2, 0.25) is 0 Å². The molecule has 118 valence electrons. The van der Waals surface area contributed by atoms with Gasteiger partial charge in [-0.1, -0.05) is 19.1 Å². The molecule has 1 saturated heterocycles. The van der Waals surface area contributed by atoms with E-state index in [1.807, 2.05) is 18.2 Å². The number of hydrogen-bond donors (Lipinski definition) is 2. The number of piperidine rings is 1. The molecule has 2 rings (SSSR count). The van der Waals surface area contributed by atoms with Gasteiger partial charge in [-0.3, -0.25) is 4.72 Å². The van der Waals surface area contributed by atoms with E-state index in [4.69, 9.17) is 0 Å². The predicted octanol–water partition coefficient (Wildman–Crippen LogP) is 2.20. The molecule has 3 unspecified atom stereocenters. The van der Waals surface area contributed by atoms with Crippen LogP contribution < -0.4 is 10.0 Å². The average molecular weight is 311 g/mol. The van der Waals surface area contributed by atoms with Crippen LogP contribution in [0.25, 0.3) is 0 Å². The Balaban J connectivity index is 2.16. The molecule has 6 heteroatoms. The van der Waals surface area contributed by atoms with Crippen molar-refractivity contribution in [3.63, 3.8) is 0 Å². The van der Waals surface area contributed by atoms with Gasteiger partial charge in [-0.15, -0.1) is 0 Å². The van der Waals surface area contributed by atoms with E-state index >= 15 is 0 Å². The summed E-state index contributed by atoms with van der Waals surface area (Å²) in [7, 11) is -1.12. The standard InChI is InChI=1S/C15H25N3O2S/c1-11-10-18(3)12(2)9-15(11)16-13-7-5-6-8-14(13)17-21(4,19)20/h5-8,11-12,15-17H,9-10H2,1-4H3. The summed E-state index contributed by atoms with van der Waals surface area (Å²) in [5, 5.41) is 3.52. The molecule has 2 N–H and O–H groups in total. The minimum atomic E-state index is -3.27. The van der Waals surface area contributed by atoms with Gasteiger partial charge in [0.15, 0.2) is 0 Å². The van der Waals surface area contributed by atoms with Crippen molar-refractivity contribution < 1.29 is 8.42 Å². The third kappa shape index (κ3) is 4.35. The van der Waals surface area contributed by atoms with E-state index in [0.717, 1.165) is 18.7 Å². The summed E-state index contributed by atoms with van der Waals surface area (Å²) in [6.45, 7) is 5.49. The first kappa shape index (κ1) is 16.1. The Morgan fingerprint density at radius 1 is 1.19 bits per heavy atom. The fraction of sp³-hybridized carbons (Fsp3) is 0.600.